The van der Waals surface area contributed by atoms with Gasteiger partial charge in [-0.15, -0.1) is 6.58 Å². The third-order valence-corrected chi connectivity index (χ3v) is 6.99. The molecule has 0 aliphatic carbocycles. The number of carbonyl (C=O) groups excluding carboxylic acids is 1. The lowest BCUT2D eigenvalue weighted by Gasteiger charge is -2.14. The molecule has 5 nitrogen and oxygen atoms in total. The Hall–Kier alpha value is -2.04. The van der Waals surface area contributed by atoms with Crippen LogP contribution in [0.25, 0.3) is 6.08 Å². The zero-order chi connectivity index (χ0) is 23.3. The number of rotatable bonds is 9. The van der Waals surface area contributed by atoms with E-state index in [0.29, 0.717) is 40.5 Å². The smallest absolute Gasteiger partial charge is 0.266 e. The maximum absolute atomic E-state index is 12.6. The van der Waals surface area contributed by atoms with Crippen LogP contribution < -0.4 is 14.2 Å². The molecule has 0 radical (unpaired) electrons. The van der Waals surface area contributed by atoms with E-state index in [2.05, 4.69) is 43.0 Å². The van der Waals surface area contributed by atoms with Gasteiger partial charge in [-0.2, -0.15) is 0 Å². The van der Waals surface area contributed by atoms with E-state index in [4.69, 9.17) is 26.4 Å². The summed E-state index contributed by atoms with van der Waals surface area (Å²) in [4.78, 5) is 14.7. The second kappa shape index (κ2) is 11.2. The number of thiocarbonyl (C=S) groups is 1. The molecule has 0 saturated carbocycles. The van der Waals surface area contributed by atoms with Gasteiger partial charge in [0, 0.05) is 6.54 Å². The van der Waals surface area contributed by atoms with Crippen LogP contribution in [0.5, 0.6) is 17.2 Å². The first-order chi connectivity index (χ1) is 15.3. The second-order valence-corrected chi connectivity index (χ2v) is 9.90. The summed E-state index contributed by atoms with van der Waals surface area (Å²) in [5, 5.41) is 0. The highest BCUT2D eigenvalue weighted by Gasteiger charge is 2.31. The molecule has 2 aromatic rings. The number of hydrogen-bond donors (Lipinski definition) is 0. The number of methoxy groups -OCH3 is 1. The van der Waals surface area contributed by atoms with Crippen molar-refractivity contribution in [1.29, 1.82) is 0 Å². The van der Waals surface area contributed by atoms with E-state index in [-0.39, 0.29) is 5.91 Å². The predicted molar refractivity (Wildman–Crippen MR) is 143 cm³/mol. The molecule has 0 N–H and O–H groups in total. The monoisotopic (exact) mass is 581 g/mol. The second-order valence-electron chi connectivity index (χ2n) is 7.06. The van der Waals surface area contributed by atoms with Gasteiger partial charge in [0.05, 0.1) is 15.6 Å². The maximum atomic E-state index is 12.6. The van der Waals surface area contributed by atoms with Crippen molar-refractivity contribution in [1.82, 2.24) is 4.90 Å². The first kappa shape index (κ1) is 24.6. The molecule has 168 valence electrons. The predicted octanol–water partition coefficient (Wildman–Crippen LogP) is 5.76. The number of amides is 1. The third kappa shape index (κ3) is 5.85. The fourth-order valence-corrected chi connectivity index (χ4v) is 5.06. The van der Waals surface area contributed by atoms with Gasteiger partial charge in [0.25, 0.3) is 5.91 Å². The summed E-state index contributed by atoms with van der Waals surface area (Å²) in [5.74, 6) is 1.95. The van der Waals surface area contributed by atoms with Gasteiger partial charge in [0.1, 0.15) is 23.3 Å². The molecule has 1 fully saturated rings. The number of halogens is 1. The quantitative estimate of drug-likeness (QED) is 0.123. The Balaban J connectivity index is 1.68. The molecule has 1 aliphatic rings. The summed E-state index contributed by atoms with van der Waals surface area (Å²) in [6.45, 7) is 9.00. The molecule has 1 saturated heterocycles. The summed E-state index contributed by atoms with van der Waals surface area (Å²) in [6, 6.07) is 9.82. The van der Waals surface area contributed by atoms with Gasteiger partial charge >= 0.3 is 0 Å². The Bertz CT molecular complexity index is 1080. The molecule has 32 heavy (non-hydrogen) atoms. The van der Waals surface area contributed by atoms with Crippen LogP contribution in [-0.2, 0) is 4.79 Å². The number of aryl methyl sites for hydroxylation is 2. The Morgan fingerprint density at radius 3 is 2.59 bits per heavy atom. The van der Waals surface area contributed by atoms with E-state index in [0.717, 1.165) is 14.9 Å². The number of thioether (sulfide) groups is 1. The molecule has 2 aromatic carbocycles. The van der Waals surface area contributed by atoms with E-state index in [1.54, 1.807) is 13.2 Å². The number of ether oxygens (including phenoxy) is 3. The van der Waals surface area contributed by atoms with Gasteiger partial charge in [-0.3, -0.25) is 9.69 Å². The van der Waals surface area contributed by atoms with Crippen LogP contribution in [0, 0.1) is 17.4 Å². The van der Waals surface area contributed by atoms with E-state index in [1.165, 1.54) is 27.8 Å². The number of nitrogens with zero attached hydrogens (tertiary/aromatic N) is 1. The number of hydrogen-bond acceptors (Lipinski definition) is 6. The van der Waals surface area contributed by atoms with E-state index < -0.39 is 0 Å². The fraction of sp³-hybridized carbons (Fsp3) is 0.250. The Morgan fingerprint density at radius 2 is 1.91 bits per heavy atom. The van der Waals surface area contributed by atoms with Crippen LogP contribution in [0.2, 0.25) is 0 Å². The molecule has 0 atom stereocenters. The molecule has 8 heteroatoms. The molecule has 0 bridgehead atoms. The van der Waals surface area contributed by atoms with Gasteiger partial charge in [-0.25, -0.2) is 0 Å². The SMILES string of the molecule is C=CCN1C(=O)/C(=C/c2cc(I)c(OCCOc3ccc(C)c(C)c3)c(OC)c2)SC1=S. The van der Waals surface area contributed by atoms with Crippen LogP contribution in [0.3, 0.4) is 0 Å². The largest absolute Gasteiger partial charge is 0.493 e. The molecule has 3 rings (SSSR count). The third-order valence-electron chi connectivity index (χ3n) is 4.81. The van der Waals surface area contributed by atoms with Gasteiger partial charge in [-0.05, 0) is 83.5 Å². The first-order valence-corrected chi connectivity index (χ1v) is 12.2. The first-order valence-electron chi connectivity index (χ1n) is 9.90. The van der Waals surface area contributed by atoms with Crippen LogP contribution in [0.15, 0.2) is 47.9 Å². The molecule has 1 amide bonds. The van der Waals surface area contributed by atoms with Crippen molar-refractivity contribution in [2.45, 2.75) is 13.8 Å². The number of benzene rings is 2. The lowest BCUT2D eigenvalue weighted by Crippen LogP contribution is -2.27. The minimum absolute atomic E-state index is 0.113. The van der Waals surface area contributed by atoms with Gasteiger partial charge in [-0.1, -0.05) is 36.1 Å². The molecular weight excluding hydrogens is 557 g/mol. The molecular formula is C24H24INO4S2. The van der Waals surface area contributed by atoms with E-state index >= 15 is 0 Å². The number of carbonyl (C=O) groups is 1. The molecule has 0 spiro atoms. The average Bonchev–Trinajstić information content (AvgIpc) is 3.02. The van der Waals surface area contributed by atoms with Crippen molar-refractivity contribution in [3.8, 4) is 17.2 Å². The minimum Gasteiger partial charge on any atom is -0.493 e. The van der Waals surface area contributed by atoms with Crippen LogP contribution >= 0.6 is 46.6 Å². The molecule has 0 aromatic heterocycles. The van der Waals surface area contributed by atoms with Gasteiger partial charge < -0.3 is 14.2 Å². The zero-order valence-electron chi connectivity index (χ0n) is 18.1. The summed E-state index contributed by atoms with van der Waals surface area (Å²) in [5.41, 5.74) is 3.26. The summed E-state index contributed by atoms with van der Waals surface area (Å²) >= 11 is 8.79. The Labute approximate surface area is 211 Å². The van der Waals surface area contributed by atoms with E-state index in [9.17, 15) is 4.79 Å². The van der Waals surface area contributed by atoms with Crippen molar-refractivity contribution >= 4 is 62.9 Å². The van der Waals surface area contributed by atoms with Gasteiger partial charge in [0.2, 0.25) is 0 Å². The van der Waals surface area contributed by atoms with Gasteiger partial charge in [0.15, 0.2) is 11.5 Å². The fourth-order valence-electron chi connectivity index (χ4n) is 3.01. The Morgan fingerprint density at radius 1 is 1.16 bits per heavy atom. The summed E-state index contributed by atoms with van der Waals surface area (Å²) in [6.07, 6.45) is 3.48. The standard InChI is InChI=1S/C24H24INO4S2/c1-5-8-26-23(27)21(32-24(26)31)14-17-12-19(25)22(20(13-17)28-4)30-10-9-29-18-7-6-15(2)16(3)11-18/h5-7,11-14H,1,8-10H2,2-4H3/b21-14-. The van der Waals surface area contributed by atoms with Crippen molar-refractivity contribution in [3.05, 3.63) is 68.2 Å². The molecule has 1 heterocycles. The highest BCUT2D eigenvalue weighted by molar-refractivity contribution is 14.1. The van der Waals surface area contributed by atoms with E-state index in [1.807, 2.05) is 36.4 Å². The van der Waals surface area contributed by atoms with Crippen molar-refractivity contribution in [2.75, 3.05) is 26.9 Å². The van der Waals surface area contributed by atoms with Crippen molar-refractivity contribution in [3.63, 3.8) is 0 Å². The van der Waals surface area contributed by atoms with Crippen LogP contribution in [-0.4, -0.2) is 42.0 Å². The highest BCUT2D eigenvalue weighted by Crippen LogP contribution is 2.37. The lowest BCUT2D eigenvalue weighted by molar-refractivity contribution is -0.121. The minimum atomic E-state index is -0.113. The topological polar surface area (TPSA) is 48.0 Å². The molecule has 1 aliphatic heterocycles. The highest BCUT2D eigenvalue weighted by atomic mass is 127. The van der Waals surface area contributed by atoms with Crippen LogP contribution in [0.4, 0.5) is 0 Å². The lowest BCUT2D eigenvalue weighted by atomic mass is 10.1. The maximum Gasteiger partial charge on any atom is 0.266 e. The Kier molecular flexibility index (Phi) is 8.61. The van der Waals surface area contributed by atoms with Crippen LogP contribution in [0.1, 0.15) is 16.7 Å². The zero-order valence-corrected chi connectivity index (χ0v) is 21.9. The molecule has 0 unspecified atom stereocenters. The van der Waals surface area contributed by atoms with Crippen molar-refractivity contribution in [2.24, 2.45) is 0 Å². The average molecular weight is 581 g/mol. The van der Waals surface area contributed by atoms with Crippen molar-refractivity contribution < 1.29 is 19.0 Å². The summed E-state index contributed by atoms with van der Waals surface area (Å²) in [7, 11) is 1.59. The normalized spacial score (nSPS) is 14.8. The summed E-state index contributed by atoms with van der Waals surface area (Å²) < 4.78 is 18.7.